The van der Waals surface area contributed by atoms with E-state index in [1.165, 1.54) is 24.3 Å². The van der Waals surface area contributed by atoms with Crippen molar-refractivity contribution in [2.45, 2.75) is 32.5 Å². The summed E-state index contributed by atoms with van der Waals surface area (Å²) in [5.41, 5.74) is 0.380. The molecule has 0 saturated heterocycles. The van der Waals surface area contributed by atoms with Crippen molar-refractivity contribution in [1.82, 2.24) is 0 Å². The van der Waals surface area contributed by atoms with Gasteiger partial charge in [-0.1, -0.05) is 60.1 Å². The third-order valence-corrected chi connectivity index (χ3v) is 5.62. The molecule has 4 nitrogen and oxygen atoms in total. The van der Waals surface area contributed by atoms with Crippen molar-refractivity contribution < 1.29 is 27.1 Å². The van der Waals surface area contributed by atoms with Gasteiger partial charge in [-0.3, -0.25) is 4.79 Å². The molecule has 34 heavy (non-hydrogen) atoms. The van der Waals surface area contributed by atoms with Crippen LogP contribution in [0.25, 0.3) is 11.0 Å². The molecule has 8 heteroatoms. The topological polar surface area (TPSA) is 48.7 Å². The van der Waals surface area contributed by atoms with E-state index in [1.807, 2.05) is 38.1 Å². The summed E-state index contributed by atoms with van der Waals surface area (Å²) in [6, 6.07) is 18.2. The molecule has 4 aromatic rings. The zero-order valence-electron chi connectivity index (χ0n) is 18.3. The van der Waals surface area contributed by atoms with Gasteiger partial charge in [0.2, 0.25) is 11.2 Å². The second-order valence-corrected chi connectivity index (χ2v) is 8.87. The van der Waals surface area contributed by atoms with E-state index in [0.717, 1.165) is 10.0 Å². The van der Waals surface area contributed by atoms with Crippen LogP contribution in [0.4, 0.5) is 13.2 Å². The van der Waals surface area contributed by atoms with Crippen LogP contribution in [-0.2, 0) is 12.8 Å². The molecular weight excluding hydrogens is 513 g/mol. The van der Waals surface area contributed by atoms with Gasteiger partial charge < -0.3 is 13.9 Å². The normalized spacial score (nSPS) is 11.7. The number of hydrogen-bond acceptors (Lipinski definition) is 4. The molecule has 0 aliphatic carbocycles. The summed E-state index contributed by atoms with van der Waals surface area (Å²) in [6.45, 7) is 3.95. The Morgan fingerprint density at radius 2 is 1.76 bits per heavy atom. The first-order chi connectivity index (χ1) is 16.1. The standard InChI is InChI=1S/C26H20BrF3O4/c1-15(2)19-8-3-4-9-21(19)33-24-23(31)20-11-10-18(13-22(20)34-25(24)26(28,29)30)32-14-16-6-5-7-17(27)12-16/h3-13,15H,14H2,1-2H3. The van der Waals surface area contributed by atoms with Gasteiger partial charge in [0.15, 0.2) is 0 Å². The van der Waals surface area contributed by atoms with Crippen molar-refractivity contribution in [3.63, 3.8) is 0 Å². The van der Waals surface area contributed by atoms with Crippen LogP contribution >= 0.6 is 15.9 Å². The first-order valence-electron chi connectivity index (χ1n) is 10.5. The molecule has 176 valence electrons. The fourth-order valence-electron chi connectivity index (χ4n) is 3.48. The van der Waals surface area contributed by atoms with E-state index in [0.29, 0.717) is 5.56 Å². The molecule has 0 spiro atoms. The average molecular weight is 533 g/mol. The van der Waals surface area contributed by atoms with Gasteiger partial charge in [-0.05, 0) is 47.4 Å². The van der Waals surface area contributed by atoms with Gasteiger partial charge in [-0.25, -0.2) is 0 Å². The summed E-state index contributed by atoms with van der Waals surface area (Å²) in [5, 5.41) is -0.0418. The predicted octanol–water partition coefficient (Wildman–Crippen LogP) is 8.07. The van der Waals surface area contributed by atoms with Crippen molar-refractivity contribution >= 4 is 26.9 Å². The van der Waals surface area contributed by atoms with Gasteiger partial charge in [0, 0.05) is 10.5 Å². The van der Waals surface area contributed by atoms with E-state index >= 15 is 0 Å². The number of fused-ring (bicyclic) bond motifs is 1. The van der Waals surface area contributed by atoms with Crippen LogP contribution in [0.5, 0.6) is 17.2 Å². The zero-order valence-corrected chi connectivity index (χ0v) is 19.9. The van der Waals surface area contributed by atoms with Crippen molar-refractivity contribution in [3.8, 4) is 17.2 Å². The van der Waals surface area contributed by atoms with Crippen LogP contribution in [0.2, 0.25) is 0 Å². The minimum absolute atomic E-state index is 0.0250. The van der Waals surface area contributed by atoms with Gasteiger partial charge >= 0.3 is 6.18 Å². The molecule has 0 aliphatic rings. The Morgan fingerprint density at radius 1 is 1.00 bits per heavy atom. The molecule has 0 fully saturated rings. The molecule has 0 atom stereocenters. The first kappa shape index (κ1) is 23.9. The van der Waals surface area contributed by atoms with Crippen molar-refractivity contribution in [2.75, 3.05) is 0 Å². The molecule has 0 amide bonds. The lowest BCUT2D eigenvalue weighted by Gasteiger charge is -2.16. The van der Waals surface area contributed by atoms with E-state index in [4.69, 9.17) is 13.9 Å². The Kier molecular flexibility index (Phi) is 6.70. The first-order valence-corrected chi connectivity index (χ1v) is 11.2. The molecule has 0 unspecified atom stereocenters. The van der Waals surface area contributed by atoms with Crippen molar-refractivity contribution in [3.05, 3.63) is 98.3 Å². The number of ether oxygens (including phenoxy) is 2. The highest BCUT2D eigenvalue weighted by atomic mass is 79.9. The third kappa shape index (κ3) is 5.12. The number of alkyl halides is 3. The van der Waals surface area contributed by atoms with Crippen LogP contribution in [-0.4, -0.2) is 0 Å². The zero-order chi connectivity index (χ0) is 24.5. The lowest BCUT2D eigenvalue weighted by Crippen LogP contribution is -2.16. The molecule has 0 saturated carbocycles. The average Bonchev–Trinajstić information content (AvgIpc) is 2.79. The molecule has 0 N–H and O–H groups in total. The van der Waals surface area contributed by atoms with Gasteiger partial charge in [-0.2, -0.15) is 13.2 Å². The Balaban J connectivity index is 1.75. The summed E-state index contributed by atoms with van der Waals surface area (Å²) in [7, 11) is 0. The number of halogens is 4. The summed E-state index contributed by atoms with van der Waals surface area (Å²) in [5.74, 6) is -1.97. The highest BCUT2D eigenvalue weighted by molar-refractivity contribution is 9.10. The largest absolute Gasteiger partial charge is 0.489 e. The molecule has 3 aromatic carbocycles. The lowest BCUT2D eigenvalue weighted by molar-refractivity contribution is -0.154. The molecule has 1 heterocycles. The summed E-state index contributed by atoms with van der Waals surface area (Å²) < 4.78 is 58.9. The van der Waals surface area contributed by atoms with Crippen LogP contribution < -0.4 is 14.9 Å². The van der Waals surface area contributed by atoms with Crippen LogP contribution in [0, 0.1) is 0 Å². The maximum absolute atomic E-state index is 13.9. The van der Waals surface area contributed by atoms with Gasteiger partial charge in [-0.15, -0.1) is 0 Å². The van der Waals surface area contributed by atoms with E-state index in [-0.39, 0.29) is 35.0 Å². The smallest absolute Gasteiger partial charge is 0.453 e. The minimum atomic E-state index is -4.94. The van der Waals surface area contributed by atoms with Crippen LogP contribution in [0.3, 0.4) is 0 Å². The molecule has 0 radical (unpaired) electrons. The second kappa shape index (κ2) is 9.54. The molecule has 1 aromatic heterocycles. The van der Waals surface area contributed by atoms with E-state index in [2.05, 4.69) is 15.9 Å². The maximum Gasteiger partial charge on any atom is 0.453 e. The second-order valence-electron chi connectivity index (χ2n) is 7.96. The van der Waals surface area contributed by atoms with E-state index < -0.39 is 23.1 Å². The highest BCUT2D eigenvalue weighted by Gasteiger charge is 2.40. The van der Waals surface area contributed by atoms with Crippen molar-refractivity contribution in [2.24, 2.45) is 0 Å². The Bertz CT molecular complexity index is 1390. The quantitative estimate of drug-likeness (QED) is 0.252. The van der Waals surface area contributed by atoms with Gasteiger partial charge in [0.1, 0.15) is 23.7 Å². The Hall–Kier alpha value is -3.26. The van der Waals surface area contributed by atoms with Gasteiger partial charge in [0.25, 0.3) is 5.76 Å². The molecule has 0 bridgehead atoms. The molecule has 4 rings (SSSR count). The summed E-state index contributed by atoms with van der Waals surface area (Å²) in [6.07, 6.45) is -4.94. The SMILES string of the molecule is CC(C)c1ccccc1Oc1c(C(F)(F)F)oc2cc(OCc3cccc(Br)c3)ccc2c1=O. The molecular formula is C26H20BrF3O4. The minimum Gasteiger partial charge on any atom is -0.489 e. The van der Waals surface area contributed by atoms with Gasteiger partial charge in [0.05, 0.1) is 5.39 Å². The monoisotopic (exact) mass is 532 g/mol. The van der Waals surface area contributed by atoms with Crippen molar-refractivity contribution in [1.29, 1.82) is 0 Å². The fourth-order valence-corrected chi connectivity index (χ4v) is 3.93. The third-order valence-electron chi connectivity index (χ3n) is 5.13. The Morgan fingerprint density at radius 3 is 2.47 bits per heavy atom. The number of benzene rings is 3. The summed E-state index contributed by atoms with van der Waals surface area (Å²) in [4.78, 5) is 13.1. The fraction of sp³-hybridized carbons (Fsp3) is 0.192. The number of para-hydroxylation sites is 1. The summed E-state index contributed by atoms with van der Waals surface area (Å²) >= 11 is 3.37. The lowest BCUT2D eigenvalue weighted by atomic mass is 10.0. The Labute approximate surface area is 202 Å². The van der Waals surface area contributed by atoms with E-state index in [1.54, 1.807) is 18.2 Å². The maximum atomic E-state index is 13.9. The number of rotatable bonds is 6. The van der Waals surface area contributed by atoms with E-state index in [9.17, 15) is 18.0 Å². The highest BCUT2D eigenvalue weighted by Crippen LogP contribution is 2.40. The van der Waals surface area contributed by atoms with Crippen LogP contribution in [0.1, 0.15) is 36.7 Å². The predicted molar refractivity (Wildman–Crippen MR) is 127 cm³/mol. The molecule has 0 aliphatic heterocycles. The van der Waals surface area contributed by atoms with Crippen LogP contribution in [0.15, 0.2) is 80.4 Å². The number of hydrogen-bond donors (Lipinski definition) is 0.